The quantitative estimate of drug-likeness (QED) is 0.836. The van der Waals surface area contributed by atoms with E-state index < -0.39 is 0 Å². The van der Waals surface area contributed by atoms with Gasteiger partial charge in [-0.25, -0.2) is 0 Å². The van der Waals surface area contributed by atoms with Crippen LogP contribution in [-0.4, -0.2) is 42.1 Å². The van der Waals surface area contributed by atoms with Crippen molar-refractivity contribution in [3.05, 3.63) is 30.3 Å². The number of hydrogen-bond donors (Lipinski definition) is 0. The Hall–Kier alpha value is -2.17. The van der Waals surface area contributed by atoms with Crippen molar-refractivity contribution in [1.82, 2.24) is 15.0 Å². The summed E-state index contributed by atoms with van der Waals surface area (Å²) in [5.74, 6) is 2.12. The Morgan fingerprint density at radius 1 is 0.800 bits per heavy atom. The normalized spacial score (nSPS) is 10.4. The van der Waals surface area contributed by atoms with E-state index in [1.807, 2.05) is 54.2 Å². The molecule has 5 heteroatoms. The zero-order chi connectivity index (χ0) is 14.5. The van der Waals surface area contributed by atoms with Crippen molar-refractivity contribution in [3.63, 3.8) is 0 Å². The molecule has 1 aromatic carbocycles. The van der Waals surface area contributed by atoms with Crippen molar-refractivity contribution in [3.8, 4) is 11.4 Å². The second-order valence-corrected chi connectivity index (χ2v) is 4.65. The third-order valence-electron chi connectivity index (χ3n) is 3.28. The lowest BCUT2D eigenvalue weighted by atomic mass is 10.2. The molecule has 0 atom stereocenters. The van der Waals surface area contributed by atoms with Crippen LogP contribution in [0.3, 0.4) is 0 Å². The predicted octanol–water partition coefficient (Wildman–Crippen LogP) is 2.45. The Labute approximate surface area is 120 Å². The van der Waals surface area contributed by atoms with Gasteiger partial charge in [0.15, 0.2) is 5.82 Å². The van der Waals surface area contributed by atoms with Gasteiger partial charge in [0, 0.05) is 32.7 Å². The van der Waals surface area contributed by atoms with E-state index in [1.165, 1.54) is 0 Å². The van der Waals surface area contributed by atoms with Crippen LogP contribution < -0.4 is 9.80 Å². The molecule has 0 aliphatic carbocycles. The van der Waals surface area contributed by atoms with Gasteiger partial charge in [-0.15, -0.1) is 0 Å². The summed E-state index contributed by atoms with van der Waals surface area (Å²) in [5, 5.41) is 0. The molecule has 0 amide bonds. The van der Waals surface area contributed by atoms with Gasteiger partial charge in [0.05, 0.1) is 0 Å². The van der Waals surface area contributed by atoms with Gasteiger partial charge in [0.1, 0.15) is 0 Å². The molecule has 0 aliphatic rings. The minimum atomic E-state index is 0.705. The standard InChI is InChI=1S/C15H21N5/c1-5-19(3)14-16-13(12-10-8-7-9-11-12)17-15(18-14)20(4)6-2/h7-11H,5-6H2,1-4H3. The summed E-state index contributed by atoms with van der Waals surface area (Å²) in [4.78, 5) is 17.7. The first-order valence-electron chi connectivity index (χ1n) is 6.89. The summed E-state index contributed by atoms with van der Waals surface area (Å²) in [6.07, 6.45) is 0. The number of benzene rings is 1. The van der Waals surface area contributed by atoms with E-state index in [9.17, 15) is 0 Å². The van der Waals surface area contributed by atoms with Crippen molar-refractivity contribution < 1.29 is 0 Å². The predicted molar refractivity (Wildman–Crippen MR) is 83.2 cm³/mol. The van der Waals surface area contributed by atoms with E-state index in [0.29, 0.717) is 17.7 Å². The Balaban J connectivity index is 2.51. The largest absolute Gasteiger partial charge is 0.344 e. The van der Waals surface area contributed by atoms with Gasteiger partial charge in [-0.1, -0.05) is 30.3 Å². The second kappa shape index (κ2) is 6.32. The van der Waals surface area contributed by atoms with E-state index in [0.717, 1.165) is 18.7 Å². The highest BCUT2D eigenvalue weighted by atomic mass is 15.3. The fourth-order valence-electron chi connectivity index (χ4n) is 1.69. The first kappa shape index (κ1) is 14.2. The molecule has 0 aliphatic heterocycles. The van der Waals surface area contributed by atoms with Crippen molar-refractivity contribution >= 4 is 11.9 Å². The van der Waals surface area contributed by atoms with Crippen LogP contribution in [0.5, 0.6) is 0 Å². The molecule has 106 valence electrons. The molecule has 1 aromatic heterocycles. The first-order chi connectivity index (χ1) is 9.65. The fraction of sp³-hybridized carbons (Fsp3) is 0.400. The van der Waals surface area contributed by atoms with Crippen LogP contribution in [0.25, 0.3) is 11.4 Å². The molecular weight excluding hydrogens is 250 g/mol. The minimum absolute atomic E-state index is 0.705. The van der Waals surface area contributed by atoms with Gasteiger partial charge in [-0.05, 0) is 13.8 Å². The number of nitrogens with zero attached hydrogens (tertiary/aromatic N) is 5. The highest BCUT2D eigenvalue weighted by molar-refractivity contribution is 5.58. The summed E-state index contributed by atoms with van der Waals surface area (Å²) in [6.45, 7) is 5.87. The van der Waals surface area contributed by atoms with Gasteiger partial charge in [-0.2, -0.15) is 15.0 Å². The molecule has 20 heavy (non-hydrogen) atoms. The fourth-order valence-corrected chi connectivity index (χ4v) is 1.69. The molecule has 5 nitrogen and oxygen atoms in total. The van der Waals surface area contributed by atoms with Gasteiger partial charge >= 0.3 is 0 Å². The Morgan fingerprint density at radius 3 is 1.75 bits per heavy atom. The average molecular weight is 271 g/mol. The summed E-state index contributed by atoms with van der Waals surface area (Å²) < 4.78 is 0. The number of aromatic nitrogens is 3. The third-order valence-corrected chi connectivity index (χ3v) is 3.28. The number of hydrogen-bond acceptors (Lipinski definition) is 5. The van der Waals surface area contributed by atoms with E-state index in [-0.39, 0.29) is 0 Å². The number of rotatable bonds is 5. The van der Waals surface area contributed by atoms with Crippen LogP contribution >= 0.6 is 0 Å². The lowest BCUT2D eigenvalue weighted by molar-refractivity contribution is 0.846. The molecule has 0 spiro atoms. The van der Waals surface area contributed by atoms with Crippen LogP contribution in [0.2, 0.25) is 0 Å². The summed E-state index contributed by atoms with van der Waals surface area (Å²) in [5.41, 5.74) is 1.01. The molecule has 0 unspecified atom stereocenters. The monoisotopic (exact) mass is 271 g/mol. The van der Waals surface area contributed by atoms with Crippen LogP contribution in [0.15, 0.2) is 30.3 Å². The van der Waals surface area contributed by atoms with Gasteiger partial charge in [-0.3, -0.25) is 0 Å². The smallest absolute Gasteiger partial charge is 0.230 e. The third kappa shape index (κ3) is 3.04. The van der Waals surface area contributed by atoms with E-state index >= 15 is 0 Å². The maximum atomic E-state index is 4.57. The van der Waals surface area contributed by atoms with Crippen LogP contribution in [0.4, 0.5) is 11.9 Å². The maximum Gasteiger partial charge on any atom is 0.230 e. The number of anilines is 2. The second-order valence-electron chi connectivity index (χ2n) is 4.65. The van der Waals surface area contributed by atoms with Crippen molar-refractivity contribution in [2.24, 2.45) is 0 Å². The lowest BCUT2D eigenvalue weighted by Gasteiger charge is -2.19. The average Bonchev–Trinajstić information content (AvgIpc) is 2.53. The van der Waals surface area contributed by atoms with Crippen LogP contribution in [0, 0.1) is 0 Å². The maximum absolute atomic E-state index is 4.57. The van der Waals surface area contributed by atoms with Crippen molar-refractivity contribution in [2.75, 3.05) is 37.0 Å². The molecule has 1 heterocycles. The Morgan fingerprint density at radius 2 is 1.30 bits per heavy atom. The molecule has 0 saturated heterocycles. The SMILES string of the molecule is CCN(C)c1nc(-c2ccccc2)nc(N(C)CC)n1. The first-order valence-corrected chi connectivity index (χ1v) is 6.89. The van der Waals surface area contributed by atoms with Crippen LogP contribution in [0.1, 0.15) is 13.8 Å². The molecule has 0 radical (unpaired) electrons. The van der Waals surface area contributed by atoms with Gasteiger partial charge in [0.2, 0.25) is 11.9 Å². The molecule has 0 N–H and O–H groups in total. The summed E-state index contributed by atoms with van der Waals surface area (Å²) in [7, 11) is 3.97. The molecular formula is C15H21N5. The van der Waals surface area contributed by atoms with E-state index in [2.05, 4.69) is 28.8 Å². The summed E-state index contributed by atoms with van der Waals surface area (Å²) >= 11 is 0. The topological polar surface area (TPSA) is 45.2 Å². The minimum Gasteiger partial charge on any atom is -0.344 e. The highest BCUT2D eigenvalue weighted by Gasteiger charge is 2.12. The molecule has 2 aromatic rings. The van der Waals surface area contributed by atoms with E-state index in [1.54, 1.807) is 0 Å². The van der Waals surface area contributed by atoms with E-state index in [4.69, 9.17) is 0 Å². The molecule has 2 rings (SSSR count). The van der Waals surface area contributed by atoms with Gasteiger partial charge in [0.25, 0.3) is 0 Å². The van der Waals surface area contributed by atoms with Crippen molar-refractivity contribution in [2.45, 2.75) is 13.8 Å². The van der Waals surface area contributed by atoms with Gasteiger partial charge < -0.3 is 9.80 Å². The highest BCUT2D eigenvalue weighted by Crippen LogP contribution is 2.20. The zero-order valence-electron chi connectivity index (χ0n) is 12.5. The lowest BCUT2D eigenvalue weighted by Crippen LogP contribution is -2.24. The van der Waals surface area contributed by atoms with Crippen LogP contribution in [-0.2, 0) is 0 Å². The molecule has 0 bridgehead atoms. The molecule has 0 fully saturated rings. The zero-order valence-corrected chi connectivity index (χ0v) is 12.5. The molecule has 0 saturated carbocycles. The van der Waals surface area contributed by atoms with Crippen molar-refractivity contribution in [1.29, 1.82) is 0 Å². The Bertz CT molecular complexity index is 527. The summed E-state index contributed by atoms with van der Waals surface area (Å²) in [6, 6.07) is 10.0. The Kier molecular flexibility index (Phi) is 4.50.